The third-order valence-electron chi connectivity index (χ3n) is 4.10. The molecule has 1 aromatic carbocycles. The van der Waals surface area contributed by atoms with Crippen LogP contribution in [0.25, 0.3) is 0 Å². The number of carbonyl (C=O) groups excluding carboxylic acids is 1. The molecule has 0 aliphatic carbocycles. The van der Waals surface area contributed by atoms with Gasteiger partial charge in [-0.3, -0.25) is 4.79 Å². The minimum absolute atomic E-state index is 0.0699. The third kappa shape index (κ3) is 5.03. The van der Waals surface area contributed by atoms with Gasteiger partial charge in [0.25, 0.3) is 0 Å². The summed E-state index contributed by atoms with van der Waals surface area (Å²) in [7, 11) is -3.53. The molecule has 1 aliphatic rings. The van der Waals surface area contributed by atoms with E-state index < -0.39 is 10.0 Å². The van der Waals surface area contributed by atoms with Crippen molar-refractivity contribution in [3.05, 3.63) is 30.3 Å². The Kier molecular flexibility index (Phi) is 7.20. The smallest absolute Gasteiger partial charge is 0.243 e. The molecule has 1 atom stereocenters. The van der Waals surface area contributed by atoms with E-state index in [2.05, 4.69) is 5.32 Å². The van der Waals surface area contributed by atoms with Gasteiger partial charge in [0.1, 0.15) is 0 Å². The number of hydrogen-bond donors (Lipinski definition) is 1. The van der Waals surface area contributed by atoms with E-state index in [9.17, 15) is 13.2 Å². The molecule has 0 saturated carbocycles. The van der Waals surface area contributed by atoms with Crippen LogP contribution in [-0.4, -0.2) is 51.5 Å². The lowest BCUT2D eigenvalue weighted by molar-refractivity contribution is -0.126. The molecule has 24 heavy (non-hydrogen) atoms. The molecule has 134 valence electrons. The molecule has 1 amide bonds. The standard InChI is InChI=1S/C17H26N2O4S/c1-2-23-13-7-11-18-17(20)15-8-6-12-19(14-15)24(21,22)16-9-4-3-5-10-16/h3-5,9-10,15H,2,6-8,11-14H2,1H3,(H,18,20). The lowest BCUT2D eigenvalue weighted by atomic mass is 9.99. The minimum atomic E-state index is -3.53. The van der Waals surface area contributed by atoms with E-state index in [0.29, 0.717) is 32.7 Å². The molecule has 1 saturated heterocycles. The van der Waals surface area contributed by atoms with Gasteiger partial charge in [-0.2, -0.15) is 4.31 Å². The number of rotatable bonds is 8. The number of hydrogen-bond acceptors (Lipinski definition) is 4. The van der Waals surface area contributed by atoms with E-state index in [1.165, 1.54) is 4.31 Å². The zero-order chi connectivity index (χ0) is 17.4. The van der Waals surface area contributed by atoms with Crippen LogP contribution in [0.5, 0.6) is 0 Å². The first-order valence-electron chi connectivity index (χ1n) is 8.46. The van der Waals surface area contributed by atoms with Gasteiger partial charge in [-0.25, -0.2) is 8.42 Å². The molecule has 0 radical (unpaired) electrons. The highest BCUT2D eigenvalue weighted by Crippen LogP contribution is 2.23. The fourth-order valence-corrected chi connectivity index (χ4v) is 4.34. The predicted molar refractivity (Wildman–Crippen MR) is 92.0 cm³/mol. The van der Waals surface area contributed by atoms with Crippen molar-refractivity contribution in [2.45, 2.75) is 31.1 Å². The quantitative estimate of drug-likeness (QED) is 0.720. The van der Waals surface area contributed by atoms with Gasteiger partial charge in [-0.15, -0.1) is 0 Å². The van der Waals surface area contributed by atoms with Gasteiger partial charge in [0.15, 0.2) is 0 Å². The number of ether oxygens (including phenoxy) is 1. The van der Waals surface area contributed by atoms with Crippen molar-refractivity contribution in [3.8, 4) is 0 Å². The molecular weight excluding hydrogens is 328 g/mol. The van der Waals surface area contributed by atoms with Crippen LogP contribution in [0, 0.1) is 5.92 Å². The summed E-state index contributed by atoms with van der Waals surface area (Å²) in [6, 6.07) is 8.38. The first-order chi connectivity index (χ1) is 11.6. The summed E-state index contributed by atoms with van der Waals surface area (Å²) in [4.78, 5) is 12.5. The molecule has 0 bridgehead atoms. The van der Waals surface area contributed by atoms with Crippen molar-refractivity contribution in [2.75, 3.05) is 32.8 Å². The Bertz CT molecular complexity index is 619. The summed E-state index contributed by atoms with van der Waals surface area (Å²) in [5.74, 6) is -0.358. The lowest BCUT2D eigenvalue weighted by Crippen LogP contribution is -2.45. The van der Waals surface area contributed by atoms with Crippen LogP contribution >= 0.6 is 0 Å². The highest BCUT2D eigenvalue weighted by molar-refractivity contribution is 7.89. The molecule has 1 unspecified atom stereocenters. The predicted octanol–water partition coefficient (Wildman–Crippen LogP) is 1.63. The number of nitrogens with zero attached hydrogens (tertiary/aromatic N) is 1. The summed E-state index contributed by atoms with van der Waals surface area (Å²) >= 11 is 0. The summed E-state index contributed by atoms with van der Waals surface area (Å²) in [5, 5.41) is 2.88. The van der Waals surface area contributed by atoms with Gasteiger partial charge < -0.3 is 10.1 Å². The minimum Gasteiger partial charge on any atom is -0.382 e. The molecule has 0 aromatic heterocycles. The van der Waals surface area contributed by atoms with Gasteiger partial charge in [0.05, 0.1) is 10.8 Å². The molecule has 1 aromatic rings. The molecule has 7 heteroatoms. The fraction of sp³-hybridized carbons (Fsp3) is 0.588. The van der Waals surface area contributed by atoms with Gasteiger partial charge in [-0.1, -0.05) is 18.2 Å². The van der Waals surface area contributed by atoms with Gasteiger partial charge in [0, 0.05) is 32.8 Å². The zero-order valence-electron chi connectivity index (χ0n) is 14.1. The number of nitrogens with one attached hydrogen (secondary N) is 1. The van der Waals surface area contributed by atoms with E-state index >= 15 is 0 Å². The summed E-state index contributed by atoms with van der Waals surface area (Å²) in [6.07, 6.45) is 2.18. The maximum atomic E-state index is 12.7. The molecular formula is C17H26N2O4S. The van der Waals surface area contributed by atoms with Crippen LogP contribution in [0.4, 0.5) is 0 Å². The van der Waals surface area contributed by atoms with Crippen LogP contribution in [0.15, 0.2) is 35.2 Å². The summed E-state index contributed by atoms with van der Waals surface area (Å²) < 4.78 is 32.0. The maximum Gasteiger partial charge on any atom is 0.243 e. The Balaban J connectivity index is 1.90. The van der Waals surface area contributed by atoms with E-state index in [1.54, 1.807) is 30.3 Å². The van der Waals surface area contributed by atoms with Crippen molar-refractivity contribution in [1.29, 1.82) is 0 Å². The average molecular weight is 354 g/mol. The lowest BCUT2D eigenvalue weighted by Gasteiger charge is -2.31. The highest BCUT2D eigenvalue weighted by Gasteiger charge is 2.32. The second kappa shape index (κ2) is 9.15. The molecule has 1 heterocycles. The monoisotopic (exact) mass is 354 g/mol. The fourth-order valence-electron chi connectivity index (χ4n) is 2.79. The zero-order valence-corrected chi connectivity index (χ0v) is 14.9. The normalized spacial score (nSPS) is 19.1. The van der Waals surface area contributed by atoms with Crippen LogP contribution in [0.3, 0.4) is 0 Å². The SMILES string of the molecule is CCOCCCNC(=O)C1CCCN(S(=O)(=O)c2ccccc2)C1. The van der Waals surface area contributed by atoms with Crippen LogP contribution < -0.4 is 5.32 Å². The summed E-state index contributed by atoms with van der Waals surface area (Å²) in [5.41, 5.74) is 0. The number of piperidine rings is 1. The largest absolute Gasteiger partial charge is 0.382 e. The van der Waals surface area contributed by atoms with Crippen molar-refractivity contribution < 1.29 is 17.9 Å². The molecule has 1 fully saturated rings. The Morgan fingerprint density at radius 3 is 2.79 bits per heavy atom. The van der Waals surface area contributed by atoms with Gasteiger partial charge >= 0.3 is 0 Å². The van der Waals surface area contributed by atoms with Gasteiger partial charge in [0.2, 0.25) is 15.9 Å². The molecule has 0 spiro atoms. The van der Waals surface area contributed by atoms with Crippen molar-refractivity contribution in [3.63, 3.8) is 0 Å². The van der Waals surface area contributed by atoms with Crippen LogP contribution in [-0.2, 0) is 19.6 Å². The Labute approximate surface area is 144 Å². The second-order valence-electron chi connectivity index (χ2n) is 5.86. The highest BCUT2D eigenvalue weighted by atomic mass is 32.2. The molecule has 6 nitrogen and oxygen atoms in total. The number of benzene rings is 1. The maximum absolute atomic E-state index is 12.7. The number of amides is 1. The van der Waals surface area contributed by atoms with E-state index in [4.69, 9.17) is 4.74 Å². The molecule has 1 aliphatic heterocycles. The molecule has 2 rings (SSSR count). The number of carbonyl (C=O) groups is 1. The van der Waals surface area contributed by atoms with Gasteiger partial charge in [-0.05, 0) is 38.3 Å². The average Bonchev–Trinajstić information content (AvgIpc) is 2.62. The van der Waals surface area contributed by atoms with Crippen molar-refractivity contribution in [1.82, 2.24) is 9.62 Å². The van der Waals surface area contributed by atoms with E-state index in [1.807, 2.05) is 6.92 Å². The first-order valence-corrected chi connectivity index (χ1v) is 9.90. The second-order valence-corrected chi connectivity index (χ2v) is 7.79. The van der Waals surface area contributed by atoms with Crippen LogP contribution in [0.1, 0.15) is 26.2 Å². The summed E-state index contributed by atoms with van der Waals surface area (Å²) in [6.45, 7) is 4.49. The Hall–Kier alpha value is -1.44. The van der Waals surface area contributed by atoms with Crippen molar-refractivity contribution >= 4 is 15.9 Å². The van der Waals surface area contributed by atoms with Crippen molar-refractivity contribution in [2.24, 2.45) is 5.92 Å². The van der Waals surface area contributed by atoms with E-state index in [0.717, 1.165) is 12.8 Å². The van der Waals surface area contributed by atoms with Crippen LogP contribution in [0.2, 0.25) is 0 Å². The van der Waals surface area contributed by atoms with E-state index in [-0.39, 0.29) is 23.3 Å². The molecule has 1 N–H and O–H groups in total. The topological polar surface area (TPSA) is 75.7 Å². The Morgan fingerprint density at radius 2 is 2.08 bits per heavy atom. The number of sulfonamides is 1. The third-order valence-corrected chi connectivity index (χ3v) is 5.98. The Morgan fingerprint density at radius 1 is 1.33 bits per heavy atom. The first kappa shape index (κ1) is 18.9.